The molecule has 0 atom stereocenters. The Balaban J connectivity index is 2.12. The summed E-state index contributed by atoms with van der Waals surface area (Å²) in [4.78, 5) is 12.1. The highest BCUT2D eigenvalue weighted by atomic mass is 16.5. The number of aryl methyl sites for hydroxylation is 3. The van der Waals surface area contributed by atoms with Crippen molar-refractivity contribution in [1.29, 1.82) is 0 Å². The van der Waals surface area contributed by atoms with Gasteiger partial charge in [0.2, 0.25) is 0 Å². The van der Waals surface area contributed by atoms with Crippen molar-refractivity contribution in [2.75, 3.05) is 0 Å². The van der Waals surface area contributed by atoms with Crippen LogP contribution in [-0.4, -0.2) is 5.97 Å². The monoisotopic (exact) mass is 266 g/mol. The van der Waals surface area contributed by atoms with Gasteiger partial charge in [-0.25, -0.2) is 4.79 Å². The molecule has 0 spiro atoms. The van der Waals surface area contributed by atoms with E-state index in [0.29, 0.717) is 5.56 Å². The van der Waals surface area contributed by atoms with Gasteiger partial charge in [0.15, 0.2) is 0 Å². The van der Waals surface area contributed by atoms with Gasteiger partial charge in [0.25, 0.3) is 0 Å². The molecular formula is C18H18O2. The van der Waals surface area contributed by atoms with Gasteiger partial charge >= 0.3 is 5.97 Å². The molecule has 0 heterocycles. The van der Waals surface area contributed by atoms with E-state index in [1.165, 1.54) is 6.26 Å². The van der Waals surface area contributed by atoms with Gasteiger partial charge in [0.05, 0.1) is 11.8 Å². The van der Waals surface area contributed by atoms with Gasteiger partial charge in [0.1, 0.15) is 0 Å². The van der Waals surface area contributed by atoms with Crippen molar-refractivity contribution in [3.63, 3.8) is 0 Å². The first-order valence-electron chi connectivity index (χ1n) is 6.58. The first kappa shape index (κ1) is 14.1. The third-order valence-electron chi connectivity index (χ3n) is 3.12. The highest BCUT2D eigenvalue weighted by Crippen LogP contribution is 2.17. The number of carbonyl (C=O) groups is 1. The maximum atomic E-state index is 12.1. The lowest BCUT2D eigenvalue weighted by atomic mass is 10.0. The molecule has 0 aromatic heterocycles. The minimum Gasteiger partial charge on any atom is -0.431 e. The zero-order chi connectivity index (χ0) is 14.5. The van der Waals surface area contributed by atoms with Crippen molar-refractivity contribution in [2.24, 2.45) is 0 Å². The van der Waals surface area contributed by atoms with Crippen molar-refractivity contribution in [1.82, 2.24) is 0 Å². The number of ether oxygens (including phenoxy) is 1. The Morgan fingerprint density at radius 1 is 1.00 bits per heavy atom. The van der Waals surface area contributed by atoms with Gasteiger partial charge in [-0.15, -0.1) is 0 Å². The quantitative estimate of drug-likeness (QED) is 0.606. The first-order valence-corrected chi connectivity index (χ1v) is 6.58. The van der Waals surface area contributed by atoms with Crippen molar-refractivity contribution in [2.45, 2.75) is 20.8 Å². The average molecular weight is 266 g/mol. The van der Waals surface area contributed by atoms with E-state index in [-0.39, 0.29) is 5.97 Å². The van der Waals surface area contributed by atoms with Crippen LogP contribution in [0.1, 0.15) is 32.6 Å². The molecule has 2 heteroatoms. The largest absolute Gasteiger partial charge is 0.431 e. The van der Waals surface area contributed by atoms with Crippen LogP contribution < -0.4 is 0 Å². The lowest BCUT2D eigenvalue weighted by Gasteiger charge is -2.08. The van der Waals surface area contributed by atoms with E-state index in [1.54, 1.807) is 6.08 Å². The maximum Gasteiger partial charge on any atom is 0.343 e. The molecule has 20 heavy (non-hydrogen) atoms. The summed E-state index contributed by atoms with van der Waals surface area (Å²) in [6, 6.07) is 13.7. The number of carbonyl (C=O) groups excluding carboxylic acids is 1. The predicted molar refractivity (Wildman–Crippen MR) is 81.5 cm³/mol. The van der Waals surface area contributed by atoms with E-state index in [4.69, 9.17) is 4.74 Å². The topological polar surface area (TPSA) is 26.3 Å². The standard InChI is InChI=1S/C18H18O2/c1-13-11-14(2)17(15(3)12-13)18(19)20-10-9-16-7-5-4-6-8-16/h4-12H,1-3H3/b10-9+. The molecule has 0 radical (unpaired) electrons. The maximum absolute atomic E-state index is 12.1. The van der Waals surface area contributed by atoms with Crippen LogP contribution in [0.25, 0.3) is 6.08 Å². The SMILES string of the molecule is Cc1cc(C)c(C(=O)O/C=C/c2ccccc2)c(C)c1. The summed E-state index contributed by atoms with van der Waals surface area (Å²) >= 11 is 0. The van der Waals surface area contributed by atoms with Crippen molar-refractivity contribution in [3.8, 4) is 0 Å². The Kier molecular flexibility index (Phi) is 4.36. The Morgan fingerprint density at radius 2 is 1.60 bits per heavy atom. The Labute approximate surface area is 119 Å². The molecule has 0 aliphatic heterocycles. The Bertz CT molecular complexity index is 617. The molecular weight excluding hydrogens is 248 g/mol. The van der Waals surface area contributed by atoms with Gasteiger partial charge in [0, 0.05) is 0 Å². The minimum atomic E-state index is -0.313. The summed E-state index contributed by atoms with van der Waals surface area (Å²) in [6.45, 7) is 5.87. The van der Waals surface area contributed by atoms with Gasteiger partial charge < -0.3 is 4.74 Å². The van der Waals surface area contributed by atoms with E-state index >= 15 is 0 Å². The lowest BCUT2D eigenvalue weighted by Crippen LogP contribution is -2.06. The second-order valence-corrected chi connectivity index (χ2v) is 4.89. The summed E-state index contributed by atoms with van der Waals surface area (Å²) in [5.41, 5.74) is 4.68. The third-order valence-corrected chi connectivity index (χ3v) is 3.12. The van der Waals surface area contributed by atoms with E-state index < -0.39 is 0 Å². The highest BCUT2D eigenvalue weighted by molar-refractivity contribution is 5.93. The molecule has 0 saturated heterocycles. The fourth-order valence-electron chi connectivity index (χ4n) is 2.30. The summed E-state index contributed by atoms with van der Waals surface area (Å²) in [6.07, 6.45) is 3.22. The molecule has 0 aliphatic rings. The molecule has 0 aliphatic carbocycles. The number of hydrogen-bond acceptors (Lipinski definition) is 2. The molecule has 0 bridgehead atoms. The third kappa shape index (κ3) is 3.35. The van der Waals surface area contributed by atoms with Gasteiger partial charge in [-0.05, 0) is 43.5 Å². The molecule has 0 amide bonds. The van der Waals surface area contributed by atoms with Crippen LogP contribution in [0.5, 0.6) is 0 Å². The van der Waals surface area contributed by atoms with Gasteiger partial charge in [-0.1, -0.05) is 48.0 Å². The van der Waals surface area contributed by atoms with Crippen molar-refractivity contribution >= 4 is 12.0 Å². The molecule has 2 aromatic rings. The number of rotatable bonds is 3. The predicted octanol–water partition coefficient (Wildman–Crippen LogP) is 4.44. The van der Waals surface area contributed by atoms with E-state index in [1.807, 2.05) is 63.2 Å². The number of benzene rings is 2. The molecule has 0 fully saturated rings. The summed E-state index contributed by atoms with van der Waals surface area (Å²) < 4.78 is 5.21. The van der Waals surface area contributed by atoms with E-state index in [0.717, 1.165) is 22.3 Å². The smallest absolute Gasteiger partial charge is 0.343 e. The average Bonchev–Trinajstić information content (AvgIpc) is 2.38. The molecule has 0 saturated carbocycles. The summed E-state index contributed by atoms with van der Waals surface area (Å²) in [5, 5.41) is 0. The van der Waals surface area contributed by atoms with Crippen molar-refractivity contribution < 1.29 is 9.53 Å². The molecule has 0 unspecified atom stereocenters. The normalized spacial score (nSPS) is 10.8. The first-order chi connectivity index (χ1) is 9.58. The molecule has 0 N–H and O–H groups in total. The Morgan fingerprint density at radius 3 is 2.20 bits per heavy atom. The summed E-state index contributed by atoms with van der Waals surface area (Å²) in [5.74, 6) is -0.313. The molecule has 2 nitrogen and oxygen atoms in total. The zero-order valence-electron chi connectivity index (χ0n) is 12.0. The van der Waals surface area contributed by atoms with Crippen molar-refractivity contribution in [3.05, 3.63) is 76.5 Å². The lowest BCUT2D eigenvalue weighted by molar-refractivity contribution is 0.0664. The zero-order valence-corrected chi connectivity index (χ0v) is 12.0. The molecule has 2 aromatic carbocycles. The van der Waals surface area contributed by atoms with Gasteiger partial charge in [-0.2, -0.15) is 0 Å². The van der Waals surface area contributed by atoms with Crippen LogP contribution in [0.2, 0.25) is 0 Å². The van der Waals surface area contributed by atoms with Crippen LogP contribution in [0, 0.1) is 20.8 Å². The number of esters is 1. The fourth-order valence-corrected chi connectivity index (χ4v) is 2.30. The van der Waals surface area contributed by atoms with E-state index in [9.17, 15) is 4.79 Å². The van der Waals surface area contributed by atoms with Crippen LogP contribution in [0.3, 0.4) is 0 Å². The molecule has 2 rings (SSSR count). The van der Waals surface area contributed by atoms with Crippen LogP contribution in [0.4, 0.5) is 0 Å². The van der Waals surface area contributed by atoms with Gasteiger partial charge in [-0.3, -0.25) is 0 Å². The number of hydrogen-bond donors (Lipinski definition) is 0. The second-order valence-electron chi connectivity index (χ2n) is 4.89. The van der Waals surface area contributed by atoms with Crippen LogP contribution in [0.15, 0.2) is 48.7 Å². The van der Waals surface area contributed by atoms with Crippen LogP contribution in [-0.2, 0) is 4.74 Å². The second kappa shape index (κ2) is 6.20. The summed E-state index contributed by atoms with van der Waals surface area (Å²) in [7, 11) is 0. The van der Waals surface area contributed by atoms with Crippen LogP contribution >= 0.6 is 0 Å². The minimum absolute atomic E-state index is 0.313. The highest BCUT2D eigenvalue weighted by Gasteiger charge is 2.13. The fraction of sp³-hybridized carbons (Fsp3) is 0.167. The molecule has 102 valence electrons. The Hall–Kier alpha value is -2.35. The van der Waals surface area contributed by atoms with E-state index in [2.05, 4.69) is 0 Å².